The molecule has 2 heterocycles. The molecule has 0 unspecified atom stereocenters. The van der Waals surface area contributed by atoms with E-state index in [0.717, 1.165) is 29.0 Å². The smallest absolute Gasteiger partial charge is 0.144 e. The van der Waals surface area contributed by atoms with Gasteiger partial charge in [0.2, 0.25) is 0 Å². The summed E-state index contributed by atoms with van der Waals surface area (Å²) in [4.78, 5) is 12.8. The van der Waals surface area contributed by atoms with Gasteiger partial charge >= 0.3 is 0 Å². The summed E-state index contributed by atoms with van der Waals surface area (Å²) in [7, 11) is 0. The third-order valence-corrected chi connectivity index (χ3v) is 3.24. The molecule has 0 fully saturated rings. The zero-order chi connectivity index (χ0) is 14.8. The Morgan fingerprint density at radius 2 is 2.00 bits per heavy atom. The summed E-state index contributed by atoms with van der Waals surface area (Å²) < 4.78 is 2.17. The first-order valence-electron chi connectivity index (χ1n) is 6.85. The molecule has 0 aliphatic heterocycles. The Kier molecular flexibility index (Phi) is 3.36. The minimum absolute atomic E-state index is 0.487. The van der Waals surface area contributed by atoms with E-state index in [0.29, 0.717) is 11.5 Å². The second-order valence-electron chi connectivity index (χ2n) is 5.38. The summed E-state index contributed by atoms with van der Waals surface area (Å²) in [5, 5.41) is 9.03. The Labute approximate surface area is 122 Å². The minimum atomic E-state index is 0.487. The molecule has 3 aromatic rings. The van der Waals surface area contributed by atoms with Crippen LogP contribution in [-0.2, 0) is 6.54 Å². The van der Waals surface area contributed by atoms with Crippen molar-refractivity contribution in [2.75, 3.05) is 0 Å². The van der Waals surface area contributed by atoms with Crippen LogP contribution in [0.25, 0.3) is 22.4 Å². The number of aromatic nitrogens is 4. The molecule has 0 saturated heterocycles. The van der Waals surface area contributed by atoms with E-state index in [1.165, 1.54) is 6.33 Å². The highest BCUT2D eigenvalue weighted by atomic mass is 15.1. The van der Waals surface area contributed by atoms with Crippen molar-refractivity contribution in [2.24, 2.45) is 5.92 Å². The van der Waals surface area contributed by atoms with Crippen LogP contribution in [0.4, 0.5) is 0 Å². The standard InChI is InChI=1S/C16H15N5/c1-11(2)9-21-15-4-3-12(6-17)5-14(15)20-16(21)13-7-18-10-19-8-13/h3-5,7-8,10-11H,9H2,1-2H3. The molecule has 104 valence electrons. The zero-order valence-corrected chi connectivity index (χ0v) is 12.0. The highest BCUT2D eigenvalue weighted by Crippen LogP contribution is 2.25. The van der Waals surface area contributed by atoms with Gasteiger partial charge in [0.15, 0.2) is 0 Å². The van der Waals surface area contributed by atoms with Gasteiger partial charge in [-0.3, -0.25) is 0 Å². The van der Waals surface area contributed by atoms with Gasteiger partial charge in [-0.05, 0) is 24.1 Å². The minimum Gasteiger partial charge on any atom is -0.324 e. The highest BCUT2D eigenvalue weighted by Gasteiger charge is 2.14. The molecule has 0 spiro atoms. The SMILES string of the molecule is CC(C)Cn1c(-c2cncnc2)nc2cc(C#N)ccc21. The van der Waals surface area contributed by atoms with E-state index in [2.05, 4.69) is 39.4 Å². The van der Waals surface area contributed by atoms with Crippen molar-refractivity contribution < 1.29 is 0 Å². The fraction of sp³-hybridized carbons (Fsp3) is 0.250. The summed E-state index contributed by atoms with van der Waals surface area (Å²) in [6.07, 6.45) is 5.03. The third kappa shape index (κ3) is 2.48. The van der Waals surface area contributed by atoms with Gasteiger partial charge in [-0.2, -0.15) is 5.26 Å². The number of imidazole rings is 1. The van der Waals surface area contributed by atoms with Gasteiger partial charge in [0.05, 0.1) is 28.2 Å². The van der Waals surface area contributed by atoms with Crippen molar-refractivity contribution in [2.45, 2.75) is 20.4 Å². The van der Waals surface area contributed by atoms with Gasteiger partial charge in [-0.15, -0.1) is 0 Å². The van der Waals surface area contributed by atoms with E-state index in [1.54, 1.807) is 12.4 Å². The van der Waals surface area contributed by atoms with Crippen molar-refractivity contribution in [3.05, 3.63) is 42.5 Å². The fourth-order valence-electron chi connectivity index (χ4n) is 2.38. The molecule has 21 heavy (non-hydrogen) atoms. The number of fused-ring (bicyclic) bond motifs is 1. The number of nitrogens with zero attached hydrogens (tertiary/aromatic N) is 5. The second kappa shape index (κ2) is 5.33. The second-order valence-corrected chi connectivity index (χ2v) is 5.38. The predicted molar refractivity (Wildman–Crippen MR) is 80.3 cm³/mol. The van der Waals surface area contributed by atoms with E-state index in [-0.39, 0.29) is 0 Å². The number of hydrogen-bond acceptors (Lipinski definition) is 4. The Morgan fingerprint density at radius 1 is 1.24 bits per heavy atom. The van der Waals surface area contributed by atoms with Crippen LogP contribution in [-0.4, -0.2) is 19.5 Å². The molecule has 0 N–H and O–H groups in total. The lowest BCUT2D eigenvalue weighted by molar-refractivity contribution is 0.536. The molecule has 0 atom stereocenters. The summed E-state index contributed by atoms with van der Waals surface area (Å²) >= 11 is 0. The average Bonchev–Trinajstić information content (AvgIpc) is 2.85. The monoisotopic (exact) mass is 277 g/mol. The maximum absolute atomic E-state index is 9.03. The molecular weight excluding hydrogens is 262 g/mol. The van der Waals surface area contributed by atoms with Crippen LogP contribution in [0.1, 0.15) is 19.4 Å². The molecule has 5 nitrogen and oxygen atoms in total. The molecule has 0 saturated carbocycles. The summed E-state index contributed by atoms with van der Waals surface area (Å²) in [5.41, 5.74) is 3.36. The van der Waals surface area contributed by atoms with Crippen molar-refractivity contribution in [3.63, 3.8) is 0 Å². The maximum Gasteiger partial charge on any atom is 0.144 e. The summed E-state index contributed by atoms with van der Waals surface area (Å²) in [5.74, 6) is 1.33. The van der Waals surface area contributed by atoms with Crippen LogP contribution < -0.4 is 0 Å². The third-order valence-electron chi connectivity index (χ3n) is 3.24. The Balaban J connectivity index is 2.25. The summed E-state index contributed by atoms with van der Waals surface area (Å²) in [6, 6.07) is 7.75. The number of benzene rings is 1. The molecule has 0 radical (unpaired) electrons. The number of rotatable bonds is 3. The van der Waals surface area contributed by atoms with Crippen molar-refractivity contribution in [1.82, 2.24) is 19.5 Å². The molecule has 2 aromatic heterocycles. The molecule has 0 aliphatic carbocycles. The van der Waals surface area contributed by atoms with Crippen molar-refractivity contribution >= 4 is 11.0 Å². The Morgan fingerprint density at radius 3 is 2.67 bits per heavy atom. The molecule has 0 bridgehead atoms. The van der Waals surface area contributed by atoms with Crippen LogP contribution in [0.5, 0.6) is 0 Å². The Hall–Kier alpha value is -2.74. The van der Waals surface area contributed by atoms with Crippen LogP contribution in [0, 0.1) is 17.2 Å². The zero-order valence-electron chi connectivity index (χ0n) is 12.0. The van der Waals surface area contributed by atoms with Gasteiger partial charge in [-0.25, -0.2) is 15.0 Å². The fourth-order valence-corrected chi connectivity index (χ4v) is 2.38. The average molecular weight is 277 g/mol. The van der Waals surface area contributed by atoms with Crippen LogP contribution >= 0.6 is 0 Å². The predicted octanol–water partition coefficient (Wildman–Crippen LogP) is 3.02. The van der Waals surface area contributed by atoms with Crippen molar-refractivity contribution in [3.8, 4) is 17.5 Å². The van der Waals surface area contributed by atoms with Crippen LogP contribution in [0.2, 0.25) is 0 Å². The normalized spacial score (nSPS) is 11.0. The summed E-state index contributed by atoms with van der Waals surface area (Å²) in [6.45, 7) is 5.19. The molecule has 1 aromatic carbocycles. The van der Waals surface area contributed by atoms with E-state index < -0.39 is 0 Å². The number of nitriles is 1. The first kappa shape index (κ1) is 13.3. The van der Waals surface area contributed by atoms with Crippen LogP contribution in [0.3, 0.4) is 0 Å². The molecule has 3 rings (SSSR count). The Bertz CT molecular complexity index is 812. The topological polar surface area (TPSA) is 67.4 Å². The highest BCUT2D eigenvalue weighted by molar-refractivity contribution is 5.81. The largest absolute Gasteiger partial charge is 0.324 e. The van der Waals surface area contributed by atoms with Gasteiger partial charge in [0.1, 0.15) is 12.2 Å². The van der Waals surface area contributed by atoms with E-state index in [4.69, 9.17) is 5.26 Å². The maximum atomic E-state index is 9.03. The van der Waals surface area contributed by atoms with Crippen molar-refractivity contribution in [1.29, 1.82) is 5.26 Å². The van der Waals surface area contributed by atoms with Gasteiger partial charge in [0.25, 0.3) is 0 Å². The first-order chi connectivity index (χ1) is 10.2. The molecule has 5 heteroatoms. The molecule has 0 amide bonds. The lowest BCUT2D eigenvalue weighted by Gasteiger charge is -2.11. The first-order valence-corrected chi connectivity index (χ1v) is 6.85. The van der Waals surface area contributed by atoms with Gasteiger partial charge < -0.3 is 4.57 Å². The van der Waals surface area contributed by atoms with Gasteiger partial charge in [0, 0.05) is 18.9 Å². The van der Waals surface area contributed by atoms with E-state index in [1.807, 2.05) is 18.2 Å². The lowest BCUT2D eigenvalue weighted by Crippen LogP contribution is -2.06. The van der Waals surface area contributed by atoms with E-state index in [9.17, 15) is 0 Å². The molecule has 0 aliphatic rings. The quantitative estimate of drug-likeness (QED) is 0.738. The van der Waals surface area contributed by atoms with Gasteiger partial charge in [-0.1, -0.05) is 13.8 Å². The van der Waals surface area contributed by atoms with Crippen LogP contribution in [0.15, 0.2) is 36.9 Å². The van der Waals surface area contributed by atoms with E-state index >= 15 is 0 Å². The number of hydrogen-bond donors (Lipinski definition) is 0. The lowest BCUT2D eigenvalue weighted by atomic mass is 10.2. The molecular formula is C16H15N5.